The zero-order valence-corrected chi connectivity index (χ0v) is 18.2. The molecule has 0 N–H and O–H groups in total. The second-order valence-electron chi connectivity index (χ2n) is 7.41. The zero-order chi connectivity index (χ0) is 22.9. The smallest absolute Gasteiger partial charge is 0.343 e. The Morgan fingerprint density at radius 1 is 0.812 bits per heavy atom. The first-order chi connectivity index (χ1) is 15.5. The van der Waals surface area contributed by atoms with Crippen molar-refractivity contribution in [2.45, 2.75) is 20.3 Å². The van der Waals surface area contributed by atoms with E-state index in [1.807, 2.05) is 50.2 Å². The maximum atomic E-state index is 12.5. The summed E-state index contributed by atoms with van der Waals surface area (Å²) in [6, 6.07) is 21.0. The van der Waals surface area contributed by atoms with Crippen LogP contribution >= 0.6 is 0 Å². The van der Waals surface area contributed by atoms with E-state index < -0.39 is 5.97 Å². The molecule has 3 aromatic rings. The van der Waals surface area contributed by atoms with Gasteiger partial charge in [0, 0.05) is 0 Å². The van der Waals surface area contributed by atoms with Crippen LogP contribution in [-0.4, -0.2) is 18.5 Å². The van der Waals surface area contributed by atoms with Gasteiger partial charge in [-0.2, -0.15) is 0 Å². The highest BCUT2D eigenvalue weighted by atomic mass is 16.5. The molecule has 0 aliphatic carbocycles. The van der Waals surface area contributed by atoms with E-state index in [0.29, 0.717) is 35.2 Å². The fourth-order valence-electron chi connectivity index (χ4n) is 2.87. The molecule has 0 spiro atoms. The third-order valence-electron chi connectivity index (χ3n) is 5.02. The summed E-state index contributed by atoms with van der Waals surface area (Å²) in [5, 5.41) is 0. The highest BCUT2D eigenvalue weighted by Crippen LogP contribution is 2.23. The van der Waals surface area contributed by atoms with Gasteiger partial charge in [0.2, 0.25) is 0 Å². The monoisotopic (exact) mass is 430 g/mol. The quantitative estimate of drug-likeness (QED) is 0.227. The Morgan fingerprint density at radius 3 is 1.88 bits per heavy atom. The lowest BCUT2D eigenvalue weighted by Gasteiger charge is -2.10. The van der Waals surface area contributed by atoms with Crippen LogP contribution in [0, 0.1) is 5.92 Å². The van der Waals surface area contributed by atoms with Gasteiger partial charge in [-0.25, -0.2) is 9.59 Å². The Labute approximate surface area is 188 Å². The molecule has 0 amide bonds. The predicted octanol–water partition coefficient (Wildman–Crippen LogP) is 6.30. The number of ether oxygens (including phenoxy) is 3. The van der Waals surface area contributed by atoms with Crippen LogP contribution < -0.4 is 9.47 Å². The Hall–Kier alpha value is -3.86. The Balaban J connectivity index is 1.59. The van der Waals surface area contributed by atoms with E-state index in [1.54, 1.807) is 36.4 Å². The molecule has 0 radical (unpaired) electrons. The summed E-state index contributed by atoms with van der Waals surface area (Å²) < 4.78 is 15.9. The molecule has 0 aliphatic heterocycles. The lowest BCUT2D eigenvalue weighted by Crippen LogP contribution is -2.12. The minimum Gasteiger partial charge on any atom is -0.466 e. The molecule has 3 rings (SSSR count). The average molecular weight is 431 g/mol. The van der Waals surface area contributed by atoms with E-state index in [1.165, 1.54) is 6.26 Å². The first kappa shape index (κ1) is 22.8. The zero-order valence-electron chi connectivity index (χ0n) is 18.2. The molecule has 0 fully saturated rings. The number of hydrogen-bond acceptors (Lipinski definition) is 5. The SMILES string of the molecule is C=COc1ccc(-c2ccc(C(=O)Oc3ccc(C(=O)OC[C@H](C)CC)cc3)cc2)cc1. The number of benzene rings is 3. The predicted molar refractivity (Wildman–Crippen MR) is 124 cm³/mol. The summed E-state index contributed by atoms with van der Waals surface area (Å²) >= 11 is 0. The van der Waals surface area contributed by atoms with Crippen molar-refractivity contribution in [3.63, 3.8) is 0 Å². The number of hydrogen-bond donors (Lipinski definition) is 0. The van der Waals surface area contributed by atoms with Crippen LogP contribution in [0.1, 0.15) is 41.0 Å². The first-order valence-corrected chi connectivity index (χ1v) is 10.5. The summed E-state index contributed by atoms with van der Waals surface area (Å²) in [7, 11) is 0. The Bertz CT molecular complexity index is 1050. The second kappa shape index (κ2) is 11.0. The molecule has 0 aliphatic rings. The van der Waals surface area contributed by atoms with E-state index in [4.69, 9.17) is 14.2 Å². The number of carbonyl (C=O) groups excluding carboxylic acids is 2. The van der Waals surface area contributed by atoms with Crippen LogP contribution in [0.15, 0.2) is 85.6 Å². The van der Waals surface area contributed by atoms with Crippen LogP contribution in [0.2, 0.25) is 0 Å². The highest BCUT2D eigenvalue weighted by Gasteiger charge is 2.12. The molecule has 0 saturated carbocycles. The molecule has 164 valence electrons. The van der Waals surface area contributed by atoms with Gasteiger partial charge in [0.15, 0.2) is 0 Å². The molecule has 0 heterocycles. The highest BCUT2D eigenvalue weighted by molar-refractivity contribution is 5.92. The van der Waals surface area contributed by atoms with Crippen LogP contribution in [0.4, 0.5) is 0 Å². The molecule has 1 atom stereocenters. The molecule has 0 bridgehead atoms. The van der Waals surface area contributed by atoms with Crippen molar-refractivity contribution in [2.24, 2.45) is 5.92 Å². The molecular weight excluding hydrogens is 404 g/mol. The van der Waals surface area contributed by atoms with Crippen molar-refractivity contribution >= 4 is 11.9 Å². The van der Waals surface area contributed by atoms with E-state index in [-0.39, 0.29) is 5.97 Å². The van der Waals surface area contributed by atoms with Gasteiger partial charge < -0.3 is 14.2 Å². The summed E-state index contributed by atoms with van der Waals surface area (Å²) in [4.78, 5) is 24.5. The molecule has 5 nitrogen and oxygen atoms in total. The molecule has 0 aromatic heterocycles. The standard InChI is InChI=1S/C27H26O5/c1-4-19(3)18-31-26(28)22-12-16-25(17-13-22)32-27(29)23-8-6-20(7-9-23)21-10-14-24(15-11-21)30-5-2/h5-17,19H,2,4,18H2,1,3H3/t19-/m1/s1. The van der Waals surface area contributed by atoms with Crippen molar-refractivity contribution < 1.29 is 23.8 Å². The van der Waals surface area contributed by atoms with E-state index >= 15 is 0 Å². The minimum absolute atomic E-state index is 0.316. The van der Waals surface area contributed by atoms with E-state index in [2.05, 4.69) is 6.58 Å². The molecular formula is C27H26O5. The maximum Gasteiger partial charge on any atom is 0.343 e. The van der Waals surface area contributed by atoms with Gasteiger partial charge in [0.05, 0.1) is 24.0 Å². The first-order valence-electron chi connectivity index (χ1n) is 10.5. The Morgan fingerprint density at radius 2 is 1.31 bits per heavy atom. The van der Waals surface area contributed by atoms with Crippen molar-refractivity contribution in [2.75, 3.05) is 6.61 Å². The van der Waals surface area contributed by atoms with Crippen molar-refractivity contribution in [1.29, 1.82) is 0 Å². The van der Waals surface area contributed by atoms with E-state index in [0.717, 1.165) is 17.5 Å². The molecule has 0 saturated heterocycles. The fraction of sp³-hybridized carbons (Fsp3) is 0.185. The normalized spacial score (nSPS) is 11.3. The van der Waals surface area contributed by atoms with Gasteiger partial charge in [-0.15, -0.1) is 0 Å². The van der Waals surface area contributed by atoms with Crippen LogP contribution in [0.25, 0.3) is 11.1 Å². The largest absolute Gasteiger partial charge is 0.466 e. The topological polar surface area (TPSA) is 61.8 Å². The third kappa shape index (κ3) is 6.08. The van der Waals surface area contributed by atoms with Crippen LogP contribution in [-0.2, 0) is 4.74 Å². The molecule has 3 aromatic carbocycles. The summed E-state index contributed by atoms with van der Waals surface area (Å²) in [6.07, 6.45) is 2.32. The third-order valence-corrected chi connectivity index (χ3v) is 5.02. The van der Waals surface area contributed by atoms with Crippen molar-refractivity contribution in [1.82, 2.24) is 0 Å². The van der Waals surface area contributed by atoms with Gasteiger partial charge in [0.1, 0.15) is 11.5 Å². The van der Waals surface area contributed by atoms with E-state index in [9.17, 15) is 9.59 Å². The Kier molecular flexibility index (Phi) is 7.81. The van der Waals surface area contributed by atoms with Crippen LogP contribution in [0.5, 0.6) is 11.5 Å². The summed E-state index contributed by atoms with van der Waals surface area (Å²) in [6.45, 7) is 7.99. The van der Waals surface area contributed by atoms with Gasteiger partial charge in [-0.1, -0.05) is 51.1 Å². The van der Waals surface area contributed by atoms with Gasteiger partial charge in [-0.05, 0) is 65.6 Å². The summed E-state index contributed by atoms with van der Waals surface area (Å²) in [5.74, 6) is 0.520. The molecule has 0 unspecified atom stereocenters. The lowest BCUT2D eigenvalue weighted by atomic mass is 10.0. The lowest BCUT2D eigenvalue weighted by molar-refractivity contribution is 0.0447. The summed E-state index contributed by atoms with van der Waals surface area (Å²) in [5.41, 5.74) is 2.81. The number of esters is 2. The fourth-order valence-corrected chi connectivity index (χ4v) is 2.87. The maximum absolute atomic E-state index is 12.5. The number of carbonyl (C=O) groups is 2. The average Bonchev–Trinajstić information content (AvgIpc) is 2.83. The van der Waals surface area contributed by atoms with Crippen LogP contribution in [0.3, 0.4) is 0 Å². The van der Waals surface area contributed by atoms with Crippen molar-refractivity contribution in [3.05, 3.63) is 96.8 Å². The molecule has 32 heavy (non-hydrogen) atoms. The van der Waals surface area contributed by atoms with Crippen molar-refractivity contribution in [3.8, 4) is 22.6 Å². The van der Waals surface area contributed by atoms with Gasteiger partial charge in [0.25, 0.3) is 0 Å². The minimum atomic E-state index is -0.474. The van der Waals surface area contributed by atoms with Gasteiger partial charge in [-0.3, -0.25) is 0 Å². The number of rotatable bonds is 9. The molecule has 5 heteroatoms. The second-order valence-corrected chi connectivity index (χ2v) is 7.41. The van der Waals surface area contributed by atoms with Gasteiger partial charge >= 0.3 is 11.9 Å².